The Bertz CT molecular complexity index is 557. The van der Waals surface area contributed by atoms with Crippen LogP contribution in [0, 0.1) is 11.8 Å². The van der Waals surface area contributed by atoms with Gasteiger partial charge in [-0.1, -0.05) is 13.8 Å². The fourth-order valence-corrected chi connectivity index (χ4v) is 3.21. The second-order valence-corrected chi connectivity index (χ2v) is 6.14. The Balaban J connectivity index is 2.03. The molecule has 0 radical (unpaired) electrons. The van der Waals surface area contributed by atoms with E-state index in [2.05, 4.69) is 49.9 Å². The molecule has 2 aromatic heterocycles. The molecule has 2 aromatic rings. The molecule has 96 valence electrons. The van der Waals surface area contributed by atoms with Crippen LogP contribution in [0.5, 0.6) is 0 Å². The maximum atomic E-state index is 4.53. The minimum atomic E-state index is 0.700. The summed E-state index contributed by atoms with van der Waals surface area (Å²) in [5, 5.41) is 8.08. The SMILES string of the molecule is CC1CC(C)CN(c2ncc(Br)c3nncn23)C1. The summed E-state index contributed by atoms with van der Waals surface area (Å²) < 4.78 is 2.83. The molecule has 5 nitrogen and oxygen atoms in total. The van der Waals surface area contributed by atoms with Crippen molar-refractivity contribution in [1.29, 1.82) is 0 Å². The number of nitrogens with zero attached hydrogens (tertiary/aromatic N) is 5. The third-order valence-corrected chi connectivity index (χ3v) is 3.98. The van der Waals surface area contributed by atoms with Crippen LogP contribution in [-0.4, -0.2) is 32.7 Å². The highest BCUT2D eigenvalue weighted by atomic mass is 79.9. The Morgan fingerprint density at radius 3 is 2.72 bits per heavy atom. The van der Waals surface area contributed by atoms with Crippen molar-refractivity contribution < 1.29 is 0 Å². The lowest BCUT2D eigenvalue weighted by Gasteiger charge is -2.35. The van der Waals surface area contributed by atoms with Crippen molar-refractivity contribution in [2.45, 2.75) is 20.3 Å². The van der Waals surface area contributed by atoms with Crippen LogP contribution in [0.3, 0.4) is 0 Å². The van der Waals surface area contributed by atoms with Crippen molar-refractivity contribution in [2.75, 3.05) is 18.0 Å². The maximum absolute atomic E-state index is 4.53. The zero-order chi connectivity index (χ0) is 12.7. The number of piperidine rings is 1. The normalized spacial score (nSPS) is 24.7. The fraction of sp³-hybridized carbons (Fsp3) is 0.583. The van der Waals surface area contributed by atoms with Gasteiger partial charge in [0.1, 0.15) is 6.33 Å². The van der Waals surface area contributed by atoms with Crippen molar-refractivity contribution in [1.82, 2.24) is 19.6 Å². The second kappa shape index (κ2) is 4.50. The molecule has 18 heavy (non-hydrogen) atoms. The number of hydrogen-bond acceptors (Lipinski definition) is 4. The predicted molar refractivity (Wildman–Crippen MR) is 73.6 cm³/mol. The zero-order valence-electron chi connectivity index (χ0n) is 10.5. The average Bonchev–Trinajstić information content (AvgIpc) is 2.77. The Hall–Kier alpha value is -1.17. The van der Waals surface area contributed by atoms with Crippen molar-refractivity contribution in [3.8, 4) is 0 Å². The molecule has 6 heteroatoms. The van der Waals surface area contributed by atoms with Crippen LogP contribution in [-0.2, 0) is 0 Å². The van der Waals surface area contributed by atoms with Crippen LogP contribution in [0.4, 0.5) is 5.95 Å². The molecule has 3 rings (SSSR count). The number of rotatable bonds is 1. The van der Waals surface area contributed by atoms with Crippen molar-refractivity contribution >= 4 is 27.5 Å². The standard InChI is InChI=1S/C12H16BrN5/c1-8-3-9(2)6-17(5-8)12-14-4-10(13)11-16-15-7-18(11)12/h4,7-9H,3,5-6H2,1-2H3. The first-order valence-electron chi connectivity index (χ1n) is 6.24. The van der Waals surface area contributed by atoms with Crippen molar-refractivity contribution in [3.05, 3.63) is 17.0 Å². The van der Waals surface area contributed by atoms with Crippen LogP contribution in [0.15, 0.2) is 17.0 Å². The van der Waals surface area contributed by atoms with Crippen molar-refractivity contribution in [3.63, 3.8) is 0 Å². The van der Waals surface area contributed by atoms with Gasteiger partial charge in [-0.25, -0.2) is 9.38 Å². The molecule has 2 atom stereocenters. The summed E-state index contributed by atoms with van der Waals surface area (Å²) in [4.78, 5) is 6.87. The number of halogens is 1. The monoisotopic (exact) mass is 309 g/mol. The number of fused-ring (bicyclic) bond motifs is 1. The van der Waals surface area contributed by atoms with Gasteiger partial charge in [-0.05, 0) is 34.2 Å². The predicted octanol–water partition coefficient (Wildman–Crippen LogP) is 2.37. The van der Waals surface area contributed by atoms with Gasteiger partial charge in [0.15, 0.2) is 5.65 Å². The van der Waals surface area contributed by atoms with Gasteiger partial charge in [-0.3, -0.25) is 0 Å². The Morgan fingerprint density at radius 2 is 2.00 bits per heavy atom. The van der Waals surface area contributed by atoms with Gasteiger partial charge < -0.3 is 4.90 Å². The van der Waals surface area contributed by atoms with Gasteiger partial charge >= 0.3 is 0 Å². The number of hydrogen-bond donors (Lipinski definition) is 0. The molecule has 0 spiro atoms. The molecule has 0 aliphatic carbocycles. The molecule has 0 aromatic carbocycles. The molecular formula is C12H16BrN5. The van der Waals surface area contributed by atoms with Crippen molar-refractivity contribution in [2.24, 2.45) is 11.8 Å². The van der Waals surface area contributed by atoms with E-state index in [0.717, 1.165) is 29.2 Å². The highest BCUT2D eigenvalue weighted by molar-refractivity contribution is 9.10. The summed E-state index contributed by atoms with van der Waals surface area (Å²) in [7, 11) is 0. The van der Waals surface area contributed by atoms with E-state index in [0.29, 0.717) is 11.8 Å². The first kappa shape index (κ1) is 11.9. The minimum Gasteiger partial charge on any atom is -0.341 e. The van der Waals surface area contributed by atoms with E-state index in [4.69, 9.17) is 0 Å². The Kier molecular flexibility index (Phi) is 2.97. The third kappa shape index (κ3) is 1.98. The Labute approximate surface area is 114 Å². The van der Waals surface area contributed by atoms with Crippen LogP contribution in [0.25, 0.3) is 5.65 Å². The van der Waals surface area contributed by atoms with E-state index in [1.165, 1.54) is 6.42 Å². The molecule has 0 bridgehead atoms. The number of aromatic nitrogens is 4. The van der Waals surface area contributed by atoms with Gasteiger partial charge in [0.2, 0.25) is 5.95 Å². The molecule has 0 amide bonds. The molecule has 0 saturated carbocycles. The van der Waals surface area contributed by atoms with E-state index in [9.17, 15) is 0 Å². The summed E-state index contributed by atoms with van der Waals surface area (Å²) in [6, 6.07) is 0. The molecule has 1 saturated heterocycles. The van der Waals surface area contributed by atoms with Gasteiger partial charge in [-0.2, -0.15) is 0 Å². The van der Waals surface area contributed by atoms with Crippen LogP contribution in [0.2, 0.25) is 0 Å². The second-order valence-electron chi connectivity index (χ2n) is 5.28. The smallest absolute Gasteiger partial charge is 0.212 e. The third-order valence-electron chi connectivity index (χ3n) is 3.42. The topological polar surface area (TPSA) is 46.3 Å². The quantitative estimate of drug-likeness (QED) is 0.811. The average molecular weight is 310 g/mol. The molecule has 2 unspecified atom stereocenters. The summed E-state index contributed by atoms with van der Waals surface area (Å²) in [6.45, 7) is 6.69. The summed E-state index contributed by atoms with van der Waals surface area (Å²) in [5.74, 6) is 2.34. The molecule has 3 heterocycles. The highest BCUT2D eigenvalue weighted by Crippen LogP contribution is 2.26. The highest BCUT2D eigenvalue weighted by Gasteiger charge is 2.24. The molecule has 1 fully saturated rings. The number of anilines is 1. The van der Waals surface area contributed by atoms with Crippen LogP contribution < -0.4 is 4.90 Å². The molecule has 1 aliphatic rings. The largest absolute Gasteiger partial charge is 0.341 e. The molecular weight excluding hydrogens is 294 g/mol. The summed E-state index contributed by atoms with van der Waals surface area (Å²) in [5.41, 5.74) is 0.825. The fourth-order valence-electron chi connectivity index (χ4n) is 2.84. The Morgan fingerprint density at radius 1 is 1.28 bits per heavy atom. The first-order valence-corrected chi connectivity index (χ1v) is 7.03. The van der Waals surface area contributed by atoms with Gasteiger partial charge in [0, 0.05) is 19.3 Å². The zero-order valence-corrected chi connectivity index (χ0v) is 12.1. The van der Waals surface area contributed by atoms with Crippen LogP contribution >= 0.6 is 15.9 Å². The lowest BCUT2D eigenvalue weighted by Crippen LogP contribution is -2.40. The van der Waals surface area contributed by atoms with Gasteiger partial charge in [0.05, 0.1) is 4.47 Å². The maximum Gasteiger partial charge on any atom is 0.212 e. The summed E-state index contributed by atoms with van der Waals surface area (Å²) in [6.07, 6.45) is 4.83. The van der Waals surface area contributed by atoms with E-state index < -0.39 is 0 Å². The van der Waals surface area contributed by atoms with Gasteiger partial charge in [-0.15, -0.1) is 10.2 Å². The summed E-state index contributed by atoms with van der Waals surface area (Å²) >= 11 is 3.45. The lowest BCUT2D eigenvalue weighted by molar-refractivity contribution is 0.353. The van der Waals surface area contributed by atoms with E-state index in [-0.39, 0.29) is 0 Å². The van der Waals surface area contributed by atoms with E-state index in [1.54, 1.807) is 6.33 Å². The van der Waals surface area contributed by atoms with Gasteiger partial charge in [0.25, 0.3) is 0 Å². The lowest BCUT2D eigenvalue weighted by atomic mass is 9.92. The van der Waals surface area contributed by atoms with Crippen LogP contribution in [0.1, 0.15) is 20.3 Å². The van der Waals surface area contributed by atoms with E-state index in [1.807, 2.05) is 10.6 Å². The molecule has 1 aliphatic heterocycles. The molecule has 0 N–H and O–H groups in total. The first-order chi connectivity index (χ1) is 8.65. The minimum absolute atomic E-state index is 0.700. The van der Waals surface area contributed by atoms with E-state index >= 15 is 0 Å².